The van der Waals surface area contributed by atoms with Crippen LogP contribution in [0, 0.1) is 0 Å². The van der Waals surface area contributed by atoms with E-state index in [1.165, 1.54) is 23.5 Å². The summed E-state index contributed by atoms with van der Waals surface area (Å²) in [5.74, 6) is 0.689. The summed E-state index contributed by atoms with van der Waals surface area (Å²) in [6, 6.07) is 14.7. The standard InChI is InChI=1S/C16H13NO3S2/c18-15(19)11-5-1-4-8-14(11)21-9-10-22-16-17-12-6-2-3-7-13(12)20-16/h1-8H,9-10H2,(H,18,19). The summed E-state index contributed by atoms with van der Waals surface area (Å²) >= 11 is 3.06. The predicted octanol–water partition coefficient (Wildman–Crippen LogP) is 4.41. The van der Waals surface area contributed by atoms with Crippen molar-refractivity contribution in [1.29, 1.82) is 0 Å². The molecule has 22 heavy (non-hydrogen) atoms. The van der Waals surface area contributed by atoms with Gasteiger partial charge in [-0.1, -0.05) is 36.0 Å². The van der Waals surface area contributed by atoms with E-state index in [-0.39, 0.29) is 0 Å². The second kappa shape index (κ2) is 6.89. The van der Waals surface area contributed by atoms with Crippen molar-refractivity contribution in [2.75, 3.05) is 11.5 Å². The van der Waals surface area contributed by atoms with Gasteiger partial charge in [-0.2, -0.15) is 0 Å². The molecule has 6 heteroatoms. The van der Waals surface area contributed by atoms with Gasteiger partial charge in [-0.15, -0.1) is 11.8 Å². The molecule has 1 heterocycles. The van der Waals surface area contributed by atoms with Gasteiger partial charge in [-0.05, 0) is 24.3 Å². The van der Waals surface area contributed by atoms with E-state index in [9.17, 15) is 4.79 Å². The van der Waals surface area contributed by atoms with Gasteiger partial charge in [0, 0.05) is 16.4 Å². The normalized spacial score (nSPS) is 10.9. The molecule has 112 valence electrons. The van der Waals surface area contributed by atoms with Crippen LogP contribution in [0.4, 0.5) is 0 Å². The average Bonchev–Trinajstić information content (AvgIpc) is 2.94. The Kier molecular flexibility index (Phi) is 4.70. The lowest BCUT2D eigenvalue weighted by Crippen LogP contribution is -1.98. The molecular formula is C16H13NO3S2. The van der Waals surface area contributed by atoms with Crippen molar-refractivity contribution in [2.45, 2.75) is 10.1 Å². The van der Waals surface area contributed by atoms with Crippen molar-refractivity contribution in [3.05, 3.63) is 54.1 Å². The smallest absolute Gasteiger partial charge is 0.336 e. The molecule has 1 N–H and O–H groups in total. The third kappa shape index (κ3) is 3.45. The van der Waals surface area contributed by atoms with Gasteiger partial charge in [0.15, 0.2) is 5.58 Å². The molecule has 0 fully saturated rings. The van der Waals surface area contributed by atoms with Crippen molar-refractivity contribution >= 4 is 40.6 Å². The Bertz CT molecular complexity index is 768. The maximum Gasteiger partial charge on any atom is 0.336 e. The van der Waals surface area contributed by atoms with Crippen LogP contribution in [0.3, 0.4) is 0 Å². The molecule has 3 rings (SSSR count). The van der Waals surface area contributed by atoms with E-state index in [1.807, 2.05) is 36.4 Å². The number of nitrogens with zero attached hydrogens (tertiary/aromatic N) is 1. The Morgan fingerprint density at radius 2 is 1.77 bits per heavy atom. The fourth-order valence-electron chi connectivity index (χ4n) is 1.96. The zero-order chi connectivity index (χ0) is 15.4. The number of aromatic nitrogens is 1. The number of carboxylic acids is 1. The first-order valence-electron chi connectivity index (χ1n) is 6.67. The summed E-state index contributed by atoms with van der Waals surface area (Å²) in [5, 5.41) is 9.78. The number of carboxylic acid groups (broad SMARTS) is 1. The number of aromatic carboxylic acids is 1. The van der Waals surface area contributed by atoms with Crippen molar-refractivity contribution < 1.29 is 14.3 Å². The molecule has 0 unspecified atom stereocenters. The highest BCUT2D eigenvalue weighted by Gasteiger charge is 2.10. The first-order chi connectivity index (χ1) is 10.7. The Labute approximate surface area is 135 Å². The molecule has 1 aromatic heterocycles. The summed E-state index contributed by atoms with van der Waals surface area (Å²) in [4.78, 5) is 16.3. The SMILES string of the molecule is O=C(O)c1ccccc1SCCSc1nc2ccccc2o1. The topological polar surface area (TPSA) is 63.3 Å². The highest BCUT2D eigenvalue weighted by molar-refractivity contribution is 8.02. The second-order valence-corrected chi connectivity index (χ2v) is 6.63. The summed E-state index contributed by atoms with van der Waals surface area (Å²) in [6.45, 7) is 0. The largest absolute Gasteiger partial charge is 0.478 e. The lowest BCUT2D eigenvalue weighted by molar-refractivity contribution is 0.0693. The van der Waals surface area contributed by atoms with Gasteiger partial charge >= 0.3 is 5.97 Å². The fourth-order valence-corrected chi connectivity index (χ4v) is 3.82. The lowest BCUT2D eigenvalue weighted by atomic mass is 10.2. The molecule has 0 aliphatic carbocycles. The number of para-hydroxylation sites is 2. The number of hydrogen-bond acceptors (Lipinski definition) is 5. The summed E-state index contributed by atoms with van der Waals surface area (Å²) in [5.41, 5.74) is 1.99. The number of benzene rings is 2. The van der Waals surface area contributed by atoms with Crippen LogP contribution in [0.25, 0.3) is 11.1 Å². The second-order valence-electron chi connectivity index (χ2n) is 4.45. The van der Waals surface area contributed by atoms with E-state index in [2.05, 4.69) is 4.98 Å². The fraction of sp³-hybridized carbons (Fsp3) is 0.125. The van der Waals surface area contributed by atoms with Crippen molar-refractivity contribution in [2.24, 2.45) is 0 Å². The molecule has 2 aromatic carbocycles. The molecule has 0 aliphatic rings. The predicted molar refractivity (Wildman–Crippen MR) is 88.9 cm³/mol. The quantitative estimate of drug-likeness (QED) is 0.533. The number of hydrogen-bond donors (Lipinski definition) is 1. The summed E-state index contributed by atoms with van der Waals surface area (Å²) < 4.78 is 5.63. The monoisotopic (exact) mass is 331 g/mol. The number of fused-ring (bicyclic) bond motifs is 1. The zero-order valence-electron chi connectivity index (χ0n) is 11.6. The van der Waals surface area contributed by atoms with Crippen LogP contribution in [-0.4, -0.2) is 27.6 Å². The molecule has 0 atom stereocenters. The van der Waals surface area contributed by atoms with Crippen molar-refractivity contribution in [1.82, 2.24) is 4.98 Å². The van der Waals surface area contributed by atoms with Crippen LogP contribution in [0.15, 0.2) is 63.1 Å². The minimum atomic E-state index is -0.894. The first kappa shape index (κ1) is 15.0. The Balaban J connectivity index is 1.56. The highest BCUT2D eigenvalue weighted by atomic mass is 32.2. The molecule has 0 radical (unpaired) electrons. The number of oxazole rings is 1. The molecule has 0 amide bonds. The van der Waals surface area contributed by atoms with E-state index in [0.717, 1.165) is 27.5 Å². The molecular weight excluding hydrogens is 318 g/mol. The summed E-state index contributed by atoms with van der Waals surface area (Å²) in [7, 11) is 0. The van der Waals surface area contributed by atoms with E-state index in [0.29, 0.717) is 10.8 Å². The van der Waals surface area contributed by atoms with E-state index < -0.39 is 5.97 Å². The Hall–Kier alpha value is -1.92. The first-order valence-corrected chi connectivity index (χ1v) is 8.64. The van der Waals surface area contributed by atoms with E-state index in [1.54, 1.807) is 12.1 Å². The number of thioether (sulfide) groups is 2. The highest BCUT2D eigenvalue weighted by Crippen LogP contribution is 2.27. The Morgan fingerprint density at radius 1 is 1.05 bits per heavy atom. The third-order valence-electron chi connectivity index (χ3n) is 2.96. The number of rotatable bonds is 6. The van der Waals surface area contributed by atoms with E-state index >= 15 is 0 Å². The van der Waals surface area contributed by atoms with Gasteiger partial charge in [0.2, 0.25) is 0 Å². The van der Waals surface area contributed by atoms with Crippen molar-refractivity contribution in [3.63, 3.8) is 0 Å². The van der Waals surface area contributed by atoms with Crippen LogP contribution < -0.4 is 0 Å². The van der Waals surface area contributed by atoms with Crippen LogP contribution in [-0.2, 0) is 0 Å². The molecule has 3 aromatic rings. The molecule has 0 spiro atoms. The minimum Gasteiger partial charge on any atom is -0.478 e. The molecule has 0 saturated carbocycles. The van der Waals surface area contributed by atoms with Gasteiger partial charge in [0.1, 0.15) is 5.52 Å². The van der Waals surface area contributed by atoms with Crippen LogP contribution >= 0.6 is 23.5 Å². The maximum absolute atomic E-state index is 11.1. The number of carbonyl (C=O) groups is 1. The van der Waals surface area contributed by atoms with Crippen LogP contribution in [0.5, 0.6) is 0 Å². The summed E-state index contributed by atoms with van der Waals surface area (Å²) in [6.07, 6.45) is 0. The van der Waals surface area contributed by atoms with Crippen molar-refractivity contribution in [3.8, 4) is 0 Å². The van der Waals surface area contributed by atoms with E-state index in [4.69, 9.17) is 9.52 Å². The van der Waals surface area contributed by atoms with Gasteiger partial charge in [-0.25, -0.2) is 9.78 Å². The molecule has 0 aliphatic heterocycles. The average molecular weight is 331 g/mol. The maximum atomic E-state index is 11.1. The van der Waals surface area contributed by atoms with Gasteiger partial charge in [-0.3, -0.25) is 0 Å². The zero-order valence-corrected chi connectivity index (χ0v) is 13.2. The molecule has 4 nitrogen and oxygen atoms in total. The Morgan fingerprint density at radius 3 is 2.59 bits per heavy atom. The third-order valence-corrected chi connectivity index (χ3v) is 5.12. The van der Waals surface area contributed by atoms with Crippen LogP contribution in [0.2, 0.25) is 0 Å². The molecule has 0 saturated heterocycles. The minimum absolute atomic E-state index is 0.347. The molecule has 0 bridgehead atoms. The van der Waals surface area contributed by atoms with Gasteiger partial charge in [0.25, 0.3) is 5.22 Å². The van der Waals surface area contributed by atoms with Gasteiger partial charge < -0.3 is 9.52 Å². The van der Waals surface area contributed by atoms with Crippen LogP contribution in [0.1, 0.15) is 10.4 Å². The van der Waals surface area contributed by atoms with Gasteiger partial charge in [0.05, 0.1) is 5.56 Å². The lowest BCUT2D eigenvalue weighted by Gasteiger charge is -2.04.